The second kappa shape index (κ2) is 7.59. The Labute approximate surface area is 147 Å². The summed E-state index contributed by atoms with van der Waals surface area (Å²) in [7, 11) is 0. The van der Waals surface area contributed by atoms with E-state index in [-0.39, 0.29) is 12.5 Å². The molecule has 0 saturated carbocycles. The maximum atomic E-state index is 12.3. The fraction of sp³-hybridized carbons (Fsp3) is 0.474. The number of hydrogen-bond acceptors (Lipinski definition) is 5. The monoisotopic (exact) mass is 341 g/mol. The Bertz CT molecular complexity index is 796. The zero-order valence-electron chi connectivity index (χ0n) is 14.7. The smallest absolute Gasteiger partial charge is 0.338 e. The van der Waals surface area contributed by atoms with Crippen LogP contribution in [0.2, 0.25) is 0 Å². The first kappa shape index (κ1) is 17.3. The summed E-state index contributed by atoms with van der Waals surface area (Å²) in [5, 5.41) is 0. The average Bonchev–Trinajstić information content (AvgIpc) is 2.89. The first-order valence-corrected chi connectivity index (χ1v) is 8.74. The van der Waals surface area contributed by atoms with E-state index in [1.807, 2.05) is 13.8 Å². The lowest BCUT2D eigenvalue weighted by molar-refractivity contribution is -0.134. The van der Waals surface area contributed by atoms with Crippen LogP contribution in [0.3, 0.4) is 0 Å². The van der Waals surface area contributed by atoms with E-state index >= 15 is 0 Å². The SMILES string of the molecule is Cc1nc2ccc(C(=O)OCC(=O)N3CCCCCC3)cc2nc1C. The Hall–Kier alpha value is -2.50. The predicted octanol–water partition coefficient (Wildman–Crippen LogP) is 2.81. The molecule has 0 radical (unpaired) electrons. The number of nitrogens with zero attached hydrogens (tertiary/aromatic N) is 3. The van der Waals surface area contributed by atoms with E-state index in [1.54, 1.807) is 23.1 Å². The number of ether oxygens (including phenoxy) is 1. The first-order chi connectivity index (χ1) is 12.0. The molecule has 0 spiro atoms. The van der Waals surface area contributed by atoms with Crippen LogP contribution < -0.4 is 0 Å². The van der Waals surface area contributed by atoms with Gasteiger partial charge >= 0.3 is 5.97 Å². The Kier molecular flexibility index (Phi) is 5.26. The number of carbonyl (C=O) groups is 2. The highest BCUT2D eigenvalue weighted by atomic mass is 16.5. The van der Waals surface area contributed by atoms with Gasteiger partial charge in [-0.3, -0.25) is 4.79 Å². The summed E-state index contributed by atoms with van der Waals surface area (Å²) >= 11 is 0. The summed E-state index contributed by atoms with van der Waals surface area (Å²) in [5.74, 6) is -0.632. The molecule has 6 heteroatoms. The fourth-order valence-corrected chi connectivity index (χ4v) is 2.98. The molecule has 0 unspecified atom stereocenters. The van der Waals surface area contributed by atoms with Crippen LogP contribution in [0.1, 0.15) is 47.4 Å². The number of likely N-dealkylation sites (tertiary alicyclic amines) is 1. The third-order valence-electron chi connectivity index (χ3n) is 4.60. The zero-order valence-corrected chi connectivity index (χ0v) is 14.7. The number of fused-ring (bicyclic) bond motifs is 1. The van der Waals surface area contributed by atoms with E-state index in [0.717, 1.165) is 55.7 Å². The Balaban J connectivity index is 1.65. The molecule has 0 aliphatic carbocycles. The molecule has 0 N–H and O–H groups in total. The van der Waals surface area contributed by atoms with Crippen LogP contribution in [0.15, 0.2) is 18.2 Å². The zero-order chi connectivity index (χ0) is 17.8. The number of esters is 1. The van der Waals surface area contributed by atoms with Gasteiger partial charge < -0.3 is 9.64 Å². The van der Waals surface area contributed by atoms with Crippen molar-refractivity contribution >= 4 is 22.9 Å². The highest BCUT2D eigenvalue weighted by molar-refractivity contribution is 5.94. The summed E-state index contributed by atoms with van der Waals surface area (Å²) in [6.45, 7) is 5.07. The van der Waals surface area contributed by atoms with Gasteiger partial charge in [0, 0.05) is 13.1 Å². The maximum absolute atomic E-state index is 12.3. The summed E-state index contributed by atoms with van der Waals surface area (Å²) in [6.07, 6.45) is 4.34. The number of aromatic nitrogens is 2. The minimum Gasteiger partial charge on any atom is -0.452 e. The van der Waals surface area contributed by atoms with Crippen molar-refractivity contribution in [3.63, 3.8) is 0 Å². The van der Waals surface area contributed by atoms with E-state index in [9.17, 15) is 9.59 Å². The topological polar surface area (TPSA) is 72.4 Å². The molecule has 1 saturated heterocycles. The summed E-state index contributed by atoms with van der Waals surface area (Å²) in [5.41, 5.74) is 3.46. The molecule has 6 nitrogen and oxygen atoms in total. The Morgan fingerprint density at radius 1 is 1.00 bits per heavy atom. The lowest BCUT2D eigenvalue weighted by atomic mass is 10.2. The van der Waals surface area contributed by atoms with E-state index in [1.165, 1.54) is 0 Å². The van der Waals surface area contributed by atoms with E-state index in [0.29, 0.717) is 11.1 Å². The van der Waals surface area contributed by atoms with Crippen molar-refractivity contribution in [3.05, 3.63) is 35.2 Å². The molecule has 25 heavy (non-hydrogen) atoms. The quantitative estimate of drug-likeness (QED) is 0.803. The normalized spacial score (nSPS) is 15.0. The van der Waals surface area contributed by atoms with Gasteiger partial charge in [0.25, 0.3) is 5.91 Å². The predicted molar refractivity (Wildman–Crippen MR) is 94.3 cm³/mol. The fourth-order valence-electron chi connectivity index (χ4n) is 2.98. The van der Waals surface area contributed by atoms with Crippen molar-refractivity contribution < 1.29 is 14.3 Å². The van der Waals surface area contributed by atoms with E-state index < -0.39 is 5.97 Å². The van der Waals surface area contributed by atoms with Crippen LogP contribution >= 0.6 is 0 Å². The molecule has 3 rings (SSSR count). The van der Waals surface area contributed by atoms with Gasteiger partial charge in [-0.2, -0.15) is 0 Å². The number of carbonyl (C=O) groups excluding carboxylic acids is 2. The Morgan fingerprint density at radius 3 is 2.32 bits per heavy atom. The van der Waals surface area contributed by atoms with Crippen molar-refractivity contribution in [1.29, 1.82) is 0 Å². The lowest BCUT2D eigenvalue weighted by Crippen LogP contribution is -2.35. The van der Waals surface area contributed by atoms with E-state index in [2.05, 4.69) is 9.97 Å². The number of hydrogen-bond donors (Lipinski definition) is 0. The highest BCUT2D eigenvalue weighted by Crippen LogP contribution is 2.15. The van der Waals surface area contributed by atoms with Gasteiger partial charge in [0.1, 0.15) is 0 Å². The summed E-state index contributed by atoms with van der Waals surface area (Å²) < 4.78 is 5.21. The van der Waals surface area contributed by atoms with Crippen LogP contribution in [0, 0.1) is 13.8 Å². The third kappa shape index (κ3) is 4.13. The molecule has 1 aromatic carbocycles. The second-order valence-corrected chi connectivity index (χ2v) is 6.47. The molecular weight excluding hydrogens is 318 g/mol. The van der Waals surface area contributed by atoms with Gasteiger partial charge in [-0.25, -0.2) is 14.8 Å². The second-order valence-electron chi connectivity index (χ2n) is 6.47. The highest BCUT2D eigenvalue weighted by Gasteiger charge is 2.18. The van der Waals surface area contributed by atoms with Crippen LogP contribution in [-0.2, 0) is 9.53 Å². The lowest BCUT2D eigenvalue weighted by Gasteiger charge is -2.19. The standard InChI is InChI=1S/C19H23N3O3/c1-13-14(2)21-17-11-15(7-8-16(17)20-13)19(24)25-12-18(23)22-9-5-3-4-6-10-22/h7-8,11H,3-6,9-10,12H2,1-2H3. The van der Waals surface area contributed by atoms with Gasteiger partial charge in [-0.1, -0.05) is 12.8 Å². The maximum Gasteiger partial charge on any atom is 0.338 e. The molecule has 1 fully saturated rings. The van der Waals surface area contributed by atoms with Crippen LogP contribution in [0.25, 0.3) is 11.0 Å². The van der Waals surface area contributed by atoms with Crippen molar-refractivity contribution in [2.45, 2.75) is 39.5 Å². The molecule has 1 aromatic heterocycles. The molecule has 1 aliphatic heterocycles. The summed E-state index contributed by atoms with van der Waals surface area (Å²) in [6, 6.07) is 5.07. The molecular formula is C19H23N3O3. The van der Waals surface area contributed by atoms with Crippen LogP contribution in [-0.4, -0.2) is 46.4 Å². The number of amides is 1. The first-order valence-electron chi connectivity index (χ1n) is 8.74. The molecule has 0 bridgehead atoms. The van der Waals surface area contributed by atoms with Gasteiger partial charge in [0.15, 0.2) is 6.61 Å². The average molecular weight is 341 g/mol. The largest absolute Gasteiger partial charge is 0.452 e. The number of rotatable bonds is 3. The molecule has 2 aromatic rings. The number of aryl methyl sites for hydroxylation is 2. The number of benzene rings is 1. The van der Waals surface area contributed by atoms with Crippen molar-refractivity contribution in [2.75, 3.05) is 19.7 Å². The molecule has 1 amide bonds. The van der Waals surface area contributed by atoms with Gasteiger partial charge in [-0.05, 0) is 44.9 Å². The van der Waals surface area contributed by atoms with Crippen molar-refractivity contribution in [3.8, 4) is 0 Å². The molecule has 132 valence electrons. The summed E-state index contributed by atoms with van der Waals surface area (Å²) in [4.78, 5) is 35.1. The van der Waals surface area contributed by atoms with Crippen LogP contribution in [0.5, 0.6) is 0 Å². The third-order valence-corrected chi connectivity index (χ3v) is 4.60. The van der Waals surface area contributed by atoms with Crippen molar-refractivity contribution in [1.82, 2.24) is 14.9 Å². The van der Waals surface area contributed by atoms with Gasteiger partial charge in [-0.15, -0.1) is 0 Å². The minimum atomic E-state index is -0.509. The molecule has 2 heterocycles. The van der Waals surface area contributed by atoms with Crippen molar-refractivity contribution in [2.24, 2.45) is 0 Å². The molecule has 0 atom stereocenters. The van der Waals surface area contributed by atoms with Gasteiger partial charge in [0.2, 0.25) is 0 Å². The Morgan fingerprint density at radius 2 is 1.64 bits per heavy atom. The van der Waals surface area contributed by atoms with Gasteiger partial charge in [0.05, 0.1) is 28.0 Å². The van der Waals surface area contributed by atoms with E-state index in [4.69, 9.17) is 4.74 Å². The molecule has 1 aliphatic rings. The van der Waals surface area contributed by atoms with Crippen LogP contribution in [0.4, 0.5) is 0 Å². The minimum absolute atomic E-state index is 0.123.